The SMILES string of the molecule is Clc1ccc2c(c1)oc1cc3c(cc12)Sc1ccccc1C31c2ccccc2-c2ccccc21. The van der Waals surface area contributed by atoms with Crippen LogP contribution >= 0.6 is 23.4 Å². The van der Waals surface area contributed by atoms with E-state index < -0.39 is 0 Å². The Morgan fingerprint density at radius 1 is 0.559 bits per heavy atom. The summed E-state index contributed by atoms with van der Waals surface area (Å²) in [6.45, 7) is 0. The molecule has 1 spiro atoms. The third-order valence-corrected chi connectivity index (χ3v) is 8.77. The van der Waals surface area contributed by atoms with E-state index in [0.717, 1.165) is 21.9 Å². The van der Waals surface area contributed by atoms with Gasteiger partial charge in [0.05, 0.1) is 5.41 Å². The van der Waals surface area contributed by atoms with Crippen LogP contribution in [0.4, 0.5) is 0 Å². The van der Waals surface area contributed by atoms with E-state index in [4.69, 9.17) is 16.0 Å². The Hall–Kier alpha value is -3.46. The van der Waals surface area contributed by atoms with E-state index in [1.54, 1.807) is 0 Å². The van der Waals surface area contributed by atoms with Gasteiger partial charge in [-0.25, -0.2) is 0 Å². The normalized spacial score (nSPS) is 14.7. The number of furan rings is 1. The molecule has 1 aromatic heterocycles. The van der Waals surface area contributed by atoms with Gasteiger partial charge in [-0.3, -0.25) is 0 Å². The first kappa shape index (κ1) is 18.9. The molecule has 5 aromatic carbocycles. The van der Waals surface area contributed by atoms with Crippen molar-refractivity contribution < 1.29 is 4.42 Å². The third kappa shape index (κ3) is 2.23. The second kappa shape index (κ2) is 6.56. The maximum absolute atomic E-state index is 6.37. The van der Waals surface area contributed by atoms with Gasteiger partial charge in [0.1, 0.15) is 11.2 Å². The van der Waals surface area contributed by atoms with Crippen molar-refractivity contribution >= 4 is 45.3 Å². The van der Waals surface area contributed by atoms with Gasteiger partial charge >= 0.3 is 0 Å². The van der Waals surface area contributed by atoms with Gasteiger partial charge in [-0.15, -0.1) is 0 Å². The summed E-state index contributed by atoms with van der Waals surface area (Å²) < 4.78 is 6.37. The van der Waals surface area contributed by atoms with Crippen molar-refractivity contribution in [2.75, 3.05) is 0 Å². The van der Waals surface area contributed by atoms with Gasteiger partial charge in [-0.1, -0.05) is 90.1 Å². The molecule has 0 N–H and O–H groups in total. The summed E-state index contributed by atoms with van der Waals surface area (Å²) in [6.07, 6.45) is 0. The van der Waals surface area contributed by atoms with Crippen LogP contribution in [0.15, 0.2) is 117 Å². The van der Waals surface area contributed by atoms with E-state index in [1.165, 1.54) is 43.2 Å². The molecule has 0 saturated carbocycles. The van der Waals surface area contributed by atoms with E-state index in [-0.39, 0.29) is 5.41 Å². The van der Waals surface area contributed by atoms with Crippen LogP contribution in [0.3, 0.4) is 0 Å². The zero-order valence-electron chi connectivity index (χ0n) is 18.0. The van der Waals surface area contributed by atoms with Gasteiger partial charge in [-0.05, 0) is 63.7 Å². The van der Waals surface area contributed by atoms with Crippen LogP contribution in [0.2, 0.25) is 5.02 Å². The quantitative estimate of drug-likeness (QED) is 0.218. The molecule has 0 radical (unpaired) electrons. The van der Waals surface area contributed by atoms with Crippen molar-refractivity contribution in [2.24, 2.45) is 0 Å². The molecule has 160 valence electrons. The highest BCUT2D eigenvalue weighted by Crippen LogP contribution is 2.62. The second-order valence-electron chi connectivity index (χ2n) is 9.03. The average molecular weight is 473 g/mol. The summed E-state index contributed by atoms with van der Waals surface area (Å²) in [5.41, 5.74) is 9.26. The van der Waals surface area contributed by atoms with Gasteiger partial charge in [0, 0.05) is 31.7 Å². The molecule has 0 atom stereocenters. The molecular weight excluding hydrogens is 456 g/mol. The summed E-state index contributed by atoms with van der Waals surface area (Å²) in [5.74, 6) is 0. The molecule has 0 unspecified atom stereocenters. The van der Waals surface area contributed by atoms with E-state index >= 15 is 0 Å². The van der Waals surface area contributed by atoms with Crippen LogP contribution in [-0.4, -0.2) is 0 Å². The molecule has 0 bridgehead atoms. The minimum Gasteiger partial charge on any atom is -0.456 e. The van der Waals surface area contributed by atoms with Crippen LogP contribution < -0.4 is 0 Å². The molecule has 2 aliphatic rings. The van der Waals surface area contributed by atoms with Crippen molar-refractivity contribution in [3.8, 4) is 11.1 Å². The number of benzene rings is 5. The summed E-state index contributed by atoms with van der Waals surface area (Å²) in [4.78, 5) is 2.58. The molecule has 0 saturated heterocycles. The van der Waals surface area contributed by atoms with Crippen LogP contribution in [0.5, 0.6) is 0 Å². The van der Waals surface area contributed by atoms with Gasteiger partial charge in [0.15, 0.2) is 0 Å². The van der Waals surface area contributed by atoms with Crippen LogP contribution in [0, 0.1) is 0 Å². The Labute approximate surface area is 206 Å². The van der Waals surface area contributed by atoms with E-state index in [0.29, 0.717) is 5.02 Å². The monoisotopic (exact) mass is 472 g/mol. The van der Waals surface area contributed by atoms with Crippen molar-refractivity contribution in [3.05, 3.63) is 130 Å². The first-order valence-electron chi connectivity index (χ1n) is 11.4. The van der Waals surface area contributed by atoms with Crippen molar-refractivity contribution in [3.63, 3.8) is 0 Å². The highest BCUT2D eigenvalue weighted by atomic mass is 35.5. The first-order chi connectivity index (χ1) is 16.7. The van der Waals surface area contributed by atoms with Crippen LogP contribution in [-0.2, 0) is 5.41 Å². The highest BCUT2D eigenvalue weighted by Gasteiger charge is 2.50. The molecule has 6 aromatic rings. The van der Waals surface area contributed by atoms with Gasteiger partial charge in [0.25, 0.3) is 0 Å². The fourth-order valence-electron chi connectivity index (χ4n) is 6.10. The number of hydrogen-bond acceptors (Lipinski definition) is 2. The van der Waals surface area contributed by atoms with E-state index in [9.17, 15) is 0 Å². The lowest BCUT2D eigenvalue weighted by Gasteiger charge is -2.39. The Kier molecular flexibility index (Phi) is 3.65. The van der Waals surface area contributed by atoms with Crippen LogP contribution in [0.25, 0.3) is 33.1 Å². The highest BCUT2D eigenvalue weighted by molar-refractivity contribution is 7.99. The lowest BCUT2D eigenvalue weighted by Crippen LogP contribution is -2.31. The van der Waals surface area contributed by atoms with Crippen molar-refractivity contribution in [2.45, 2.75) is 15.2 Å². The molecule has 0 fully saturated rings. The molecule has 8 rings (SSSR count). The summed E-state index contributed by atoms with van der Waals surface area (Å²) in [6, 6.07) is 37.1. The maximum atomic E-state index is 6.37. The average Bonchev–Trinajstić information content (AvgIpc) is 3.36. The van der Waals surface area contributed by atoms with Crippen molar-refractivity contribution in [1.82, 2.24) is 0 Å². The molecule has 34 heavy (non-hydrogen) atoms. The first-order valence-corrected chi connectivity index (χ1v) is 12.6. The minimum absolute atomic E-state index is 0.380. The van der Waals surface area contributed by atoms with Gasteiger partial charge < -0.3 is 4.42 Å². The lowest BCUT2D eigenvalue weighted by molar-refractivity contribution is 0.662. The Balaban J connectivity index is 1.57. The van der Waals surface area contributed by atoms with E-state index in [2.05, 4.69) is 91.0 Å². The molecule has 3 heteroatoms. The van der Waals surface area contributed by atoms with Crippen molar-refractivity contribution in [1.29, 1.82) is 0 Å². The third-order valence-electron chi connectivity index (χ3n) is 7.40. The topological polar surface area (TPSA) is 13.1 Å². The standard InChI is InChI=1S/C31H17ClOS/c32-18-13-14-21-22-16-30-26(17-28(22)33-27(21)15-18)31(25-11-5-6-12-29(25)34-30)23-9-3-1-7-19(23)20-8-2-4-10-24(20)31/h1-17H. The molecule has 2 heterocycles. The molecule has 1 aliphatic heterocycles. The molecular formula is C31H17ClOS. The summed E-state index contributed by atoms with van der Waals surface area (Å²) >= 11 is 8.14. The number of hydrogen-bond donors (Lipinski definition) is 0. The van der Waals surface area contributed by atoms with Gasteiger partial charge in [-0.2, -0.15) is 0 Å². The fraction of sp³-hybridized carbons (Fsp3) is 0.0323. The zero-order chi connectivity index (χ0) is 22.4. The molecule has 0 amide bonds. The molecule has 1 aliphatic carbocycles. The zero-order valence-corrected chi connectivity index (χ0v) is 19.6. The fourth-order valence-corrected chi connectivity index (χ4v) is 7.47. The number of rotatable bonds is 0. The lowest BCUT2D eigenvalue weighted by atomic mass is 9.67. The Bertz CT molecular complexity index is 1770. The van der Waals surface area contributed by atoms with E-state index in [1.807, 2.05) is 23.9 Å². The van der Waals surface area contributed by atoms with Crippen LogP contribution in [0.1, 0.15) is 22.3 Å². The predicted molar refractivity (Wildman–Crippen MR) is 140 cm³/mol. The second-order valence-corrected chi connectivity index (χ2v) is 10.5. The summed E-state index contributed by atoms with van der Waals surface area (Å²) in [5, 5.41) is 2.92. The largest absolute Gasteiger partial charge is 0.456 e. The Morgan fingerprint density at radius 2 is 1.21 bits per heavy atom. The number of fused-ring (bicyclic) bond motifs is 12. The Morgan fingerprint density at radius 3 is 1.97 bits per heavy atom. The summed E-state index contributed by atoms with van der Waals surface area (Å²) in [7, 11) is 0. The maximum Gasteiger partial charge on any atom is 0.136 e. The number of halogens is 1. The predicted octanol–water partition coefficient (Wildman–Crippen LogP) is 9.07. The smallest absolute Gasteiger partial charge is 0.136 e. The minimum atomic E-state index is -0.380. The molecule has 1 nitrogen and oxygen atoms in total. The van der Waals surface area contributed by atoms with Gasteiger partial charge in [0.2, 0.25) is 0 Å².